The van der Waals surface area contributed by atoms with E-state index in [1.165, 1.54) is 0 Å². The van der Waals surface area contributed by atoms with Gasteiger partial charge in [-0.25, -0.2) is 0 Å². The quantitative estimate of drug-likeness (QED) is 0.758. The molecule has 1 aliphatic heterocycles. The van der Waals surface area contributed by atoms with Crippen LogP contribution in [0.3, 0.4) is 0 Å². The molecule has 0 bridgehead atoms. The average molecular weight is 206 g/mol. The molecule has 2 rings (SSSR count). The maximum atomic E-state index is 5.51. The van der Waals surface area contributed by atoms with Crippen molar-refractivity contribution in [2.24, 2.45) is 0 Å². The topological polar surface area (TPSA) is 27.7 Å². The minimum Gasteiger partial charge on any atom is -0.486 e. The van der Waals surface area contributed by atoms with Gasteiger partial charge in [0.05, 0.1) is 0 Å². The van der Waals surface area contributed by atoms with Crippen molar-refractivity contribution < 1.29 is 14.2 Å². The Morgan fingerprint density at radius 2 is 2.07 bits per heavy atom. The van der Waals surface area contributed by atoms with Gasteiger partial charge in [0.25, 0.3) is 0 Å². The summed E-state index contributed by atoms with van der Waals surface area (Å²) in [5.74, 6) is 1.58. The van der Waals surface area contributed by atoms with Crippen molar-refractivity contribution in [1.29, 1.82) is 0 Å². The molecule has 15 heavy (non-hydrogen) atoms. The molecular weight excluding hydrogens is 192 g/mol. The Labute approximate surface area is 89.3 Å². The zero-order chi connectivity index (χ0) is 10.5. The van der Waals surface area contributed by atoms with Gasteiger partial charge in [-0.2, -0.15) is 0 Å². The van der Waals surface area contributed by atoms with Gasteiger partial charge in [0, 0.05) is 6.42 Å². The Kier molecular flexibility index (Phi) is 3.12. The molecule has 1 aromatic rings. The Hall–Kier alpha value is -1.64. The van der Waals surface area contributed by atoms with E-state index in [0.717, 1.165) is 17.9 Å². The first-order valence-electron chi connectivity index (χ1n) is 5.07. The second-order valence-electron chi connectivity index (χ2n) is 3.28. The molecule has 3 nitrogen and oxygen atoms in total. The summed E-state index contributed by atoms with van der Waals surface area (Å²) in [4.78, 5) is 0. The van der Waals surface area contributed by atoms with Crippen LogP contribution in [0.15, 0.2) is 42.4 Å². The zero-order valence-electron chi connectivity index (χ0n) is 8.68. The molecule has 0 aromatic heterocycles. The molecule has 1 heterocycles. The molecule has 0 saturated carbocycles. The van der Waals surface area contributed by atoms with Crippen LogP contribution in [0, 0.1) is 0 Å². The monoisotopic (exact) mass is 206 g/mol. The summed E-state index contributed by atoms with van der Waals surface area (Å²) in [6.45, 7) is 2.43. The number of rotatable bonds is 4. The molecule has 3 heteroatoms. The summed E-state index contributed by atoms with van der Waals surface area (Å²) in [5, 5.41) is 0. The van der Waals surface area contributed by atoms with Crippen molar-refractivity contribution in [1.82, 2.24) is 0 Å². The van der Waals surface area contributed by atoms with Crippen molar-refractivity contribution in [3.8, 4) is 5.75 Å². The van der Waals surface area contributed by atoms with E-state index in [-0.39, 0.29) is 6.29 Å². The van der Waals surface area contributed by atoms with Crippen molar-refractivity contribution >= 4 is 0 Å². The third-order valence-electron chi connectivity index (χ3n) is 2.09. The second kappa shape index (κ2) is 4.73. The van der Waals surface area contributed by atoms with Gasteiger partial charge in [-0.3, -0.25) is 0 Å². The minimum atomic E-state index is -0.139. The maximum absolute atomic E-state index is 5.51. The highest BCUT2D eigenvalue weighted by atomic mass is 16.7. The molecule has 0 spiro atoms. The van der Waals surface area contributed by atoms with Gasteiger partial charge in [0.15, 0.2) is 5.76 Å². The summed E-state index contributed by atoms with van der Waals surface area (Å²) in [6.07, 6.45) is 2.32. The van der Waals surface area contributed by atoms with Crippen LogP contribution in [0.4, 0.5) is 0 Å². The molecule has 0 amide bonds. The first-order valence-corrected chi connectivity index (χ1v) is 5.07. The largest absolute Gasteiger partial charge is 0.486 e. The van der Waals surface area contributed by atoms with Gasteiger partial charge in [-0.15, -0.1) is 0 Å². The first-order chi connectivity index (χ1) is 7.38. The lowest BCUT2D eigenvalue weighted by Gasteiger charge is -2.09. The number of para-hydroxylation sites is 1. The first kappa shape index (κ1) is 9.90. The molecule has 1 unspecified atom stereocenters. The Morgan fingerprint density at radius 3 is 2.73 bits per heavy atom. The van der Waals surface area contributed by atoms with Gasteiger partial charge < -0.3 is 14.2 Å². The summed E-state index contributed by atoms with van der Waals surface area (Å²) in [5.41, 5.74) is 0. The number of benzene rings is 1. The molecule has 1 atom stereocenters. The van der Waals surface area contributed by atoms with E-state index in [1.807, 2.05) is 37.3 Å². The molecule has 0 N–H and O–H groups in total. The Morgan fingerprint density at radius 1 is 1.27 bits per heavy atom. The normalized spacial score (nSPS) is 19.0. The van der Waals surface area contributed by atoms with Crippen LogP contribution in [0.2, 0.25) is 0 Å². The van der Waals surface area contributed by atoms with E-state index < -0.39 is 0 Å². The maximum Gasteiger partial charge on any atom is 0.240 e. The second-order valence-corrected chi connectivity index (χ2v) is 3.28. The van der Waals surface area contributed by atoms with Gasteiger partial charge in [-0.1, -0.05) is 25.1 Å². The minimum absolute atomic E-state index is 0.139. The van der Waals surface area contributed by atoms with Crippen LogP contribution >= 0.6 is 0 Å². The fourth-order valence-electron chi connectivity index (χ4n) is 1.29. The fraction of sp³-hybridized carbons (Fsp3) is 0.333. The van der Waals surface area contributed by atoms with Crippen LogP contribution < -0.4 is 4.74 Å². The summed E-state index contributed by atoms with van der Waals surface area (Å²) >= 11 is 0. The molecule has 80 valence electrons. The standard InChI is InChI=1S/C12H14O3/c1-2-12-14-9-11(15-12)8-13-10-6-4-3-5-7-10/h3-7,9,12H,2,8H2,1H3. The van der Waals surface area contributed by atoms with Gasteiger partial charge in [0.1, 0.15) is 18.6 Å². The highest BCUT2D eigenvalue weighted by molar-refractivity contribution is 5.21. The highest BCUT2D eigenvalue weighted by Gasteiger charge is 2.17. The van der Waals surface area contributed by atoms with Crippen LogP contribution in [0.25, 0.3) is 0 Å². The lowest BCUT2D eigenvalue weighted by molar-refractivity contribution is -0.0375. The average Bonchev–Trinajstić information content (AvgIpc) is 2.76. The summed E-state index contributed by atoms with van der Waals surface area (Å²) in [6, 6.07) is 9.64. The van der Waals surface area contributed by atoms with E-state index >= 15 is 0 Å². The van der Waals surface area contributed by atoms with E-state index in [4.69, 9.17) is 14.2 Å². The van der Waals surface area contributed by atoms with Crippen LogP contribution in [-0.2, 0) is 9.47 Å². The zero-order valence-corrected chi connectivity index (χ0v) is 8.68. The lowest BCUT2D eigenvalue weighted by atomic mass is 10.3. The SMILES string of the molecule is CCC1OC=C(COc2ccccc2)O1. The fourth-order valence-corrected chi connectivity index (χ4v) is 1.29. The predicted octanol–water partition coefficient (Wildman–Crippen LogP) is 2.69. The van der Waals surface area contributed by atoms with Crippen LogP contribution in [-0.4, -0.2) is 12.9 Å². The van der Waals surface area contributed by atoms with Crippen LogP contribution in [0.1, 0.15) is 13.3 Å². The number of hydrogen-bond acceptors (Lipinski definition) is 3. The van der Waals surface area contributed by atoms with Gasteiger partial charge in [0.2, 0.25) is 6.29 Å². The van der Waals surface area contributed by atoms with E-state index in [2.05, 4.69) is 0 Å². The predicted molar refractivity (Wildman–Crippen MR) is 56.3 cm³/mol. The molecule has 1 aliphatic rings. The van der Waals surface area contributed by atoms with Crippen LogP contribution in [0.5, 0.6) is 5.75 Å². The Bertz CT molecular complexity index is 332. The molecule has 0 radical (unpaired) electrons. The summed E-state index contributed by atoms with van der Waals surface area (Å²) in [7, 11) is 0. The molecule has 0 aliphatic carbocycles. The van der Waals surface area contributed by atoms with Crippen molar-refractivity contribution in [3.63, 3.8) is 0 Å². The smallest absolute Gasteiger partial charge is 0.240 e. The van der Waals surface area contributed by atoms with Crippen molar-refractivity contribution in [3.05, 3.63) is 42.4 Å². The molecule has 1 aromatic carbocycles. The van der Waals surface area contributed by atoms with Crippen molar-refractivity contribution in [2.45, 2.75) is 19.6 Å². The van der Waals surface area contributed by atoms with E-state index in [1.54, 1.807) is 6.26 Å². The third kappa shape index (κ3) is 2.65. The highest BCUT2D eigenvalue weighted by Crippen LogP contribution is 2.18. The third-order valence-corrected chi connectivity index (χ3v) is 2.09. The van der Waals surface area contributed by atoms with E-state index in [9.17, 15) is 0 Å². The van der Waals surface area contributed by atoms with Gasteiger partial charge >= 0.3 is 0 Å². The lowest BCUT2D eigenvalue weighted by Crippen LogP contribution is -2.08. The van der Waals surface area contributed by atoms with E-state index in [0.29, 0.717) is 6.61 Å². The Balaban J connectivity index is 1.80. The molecule has 0 saturated heterocycles. The molecular formula is C12H14O3. The number of ether oxygens (including phenoxy) is 3. The summed E-state index contributed by atoms with van der Waals surface area (Å²) < 4.78 is 16.2. The van der Waals surface area contributed by atoms with Crippen molar-refractivity contribution in [2.75, 3.05) is 6.61 Å². The molecule has 0 fully saturated rings. The van der Waals surface area contributed by atoms with Gasteiger partial charge in [-0.05, 0) is 12.1 Å². The number of hydrogen-bond donors (Lipinski definition) is 0.